The van der Waals surface area contributed by atoms with Crippen LogP contribution in [0.1, 0.15) is 30.9 Å². The first-order valence-electron chi connectivity index (χ1n) is 6.44. The highest BCUT2D eigenvalue weighted by atomic mass is 79.9. The molecule has 0 atom stereocenters. The fourth-order valence-corrected chi connectivity index (χ4v) is 2.14. The van der Waals surface area contributed by atoms with Crippen molar-refractivity contribution in [3.63, 3.8) is 0 Å². The number of hydrogen-bond acceptors (Lipinski definition) is 2. The summed E-state index contributed by atoms with van der Waals surface area (Å²) in [5.74, 6) is 0. The molecule has 0 unspecified atom stereocenters. The molecule has 0 spiro atoms. The van der Waals surface area contributed by atoms with Crippen LogP contribution < -0.4 is 5.32 Å². The van der Waals surface area contributed by atoms with Crippen molar-refractivity contribution in [2.45, 2.75) is 32.9 Å². The van der Waals surface area contributed by atoms with Gasteiger partial charge in [0.25, 0.3) is 0 Å². The molecule has 0 radical (unpaired) electrons. The Morgan fingerprint density at radius 3 is 2.94 bits per heavy atom. The maximum absolute atomic E-state index is 5.63. The van der Waals surface area contributed by atoms with Crippen molar-refractivity contribution in [2.75, 3.05) is 13.2 Å². The summed E-state index contributed by atoms with van der Waals surface area (Å²) in [7, 11) is 0. The topological polar surface area (TPSA) is 21.3 Å². The predicted octanol–water partition coefficient (Wildman–Crippen LogP) is 4.04. The van der Waals surface area contributed by atoms with Crippen LogP contribution in [0.2, 0.25) is 0 Å². The van der Waals surface area contributed by atoms with Gasteiger partial charge < -0.3 is 10.1 Å². The number of ether oxygens (including phenoxy) is 1. The summed E-state index contributed by atoms with van der Waals surface area (Å²) in [5, 5.41) is 3.32. The summed E-state index contributed by atoms with van der Waals surface area (Å²) in [6.45, 7) is 9.17. The zero-order valence-electron chi connectivity index (χ0n) is 11.0. The lowest BCUT2D eigenvalue weighted by atomic mass is 10.1. The third-order valence-electron chi connectivity index (χ3n) is 2.65. The van der Waals surface area contributed by atoms with E-state index < -0.39 is 0 Å². The van der Waals surface area contributed by atoms with Crippen molar-refractivity contribution in [3.05, 3.63) is 46.5 Å². The molecule has 0 heterocycles. The molecule has 1 aromatic carbocycles. The molecule has 0 aliphatic heterocycles. The lowest BCUT2D eigenvalue weighted by Gasteiger charge is -2.08. The van der Waals surface area contributed by atoms with Crippen LogP contribution in [0.3, 0.4) is 0 Å². The molecule has 1 N–H and O–H groups in total. The third-order valence-corrected chi connectivity index (χ3v) is 3.39. The number of rotatable bonds is 9. The van der Waals surface area contributed by atoms with Gasteiger partial charge in [-0.25, -0.2) is 0 Å². The van der Waals surface area contributed by atoms with Crippen molar-refractivity contribution in [3.8, 4) is 0 Å². The van der Waals surface area contributed by atoms with Crippen molar-refractivity contribution in [1.82, 2.24) is 5.32 Å². The first-order chi connectivity index (χ1) is 8.77. The van der Waals surface area contributed by atoms with Gasteiger partial charge in [-0.15, -0.1) is 6.58 Å². The molecule has 0 amide bonds. The van der Waals surface area contributed by atoms with E-state index in [0.29, 0.717) is 6.61 Å². The maximum Gasteiger partial charge on any atom is 0.0727 e. The summed E-state index contributed by atoms with van der Waals surface area (Å²) in [4.78, 5) is 0. The molecular formula is C15H22BrNO. The van der Waals surface area contributed by atoms with Crippen LogP contribution in [-0.2, 0) is 17.9 Å². The van der Waals surface area contributed by atoms with E-state index in [-0.39, 0.29) is 0 Å². The number of unbranched alkanes of at least 4 members (excludes halogenated alkanes) is 1. The van der Waals surface area contributed by atoms with E-state index in [0.717, 1.165) is 37.0 Å². The molecule has 0 saturated carbocycles. The first kappa shape index (κ1) is 15.4. The van der Waals surface area contributed by atoms with Crippen molar-refractivity contribution < 1.29 is 4.74 Å². The summed E-state index contributed by atoms with van der Waals surface area (Å²) in [6, 6.07) is 6.44. The van der Waals surface area contributed by atoms with E-state index in [9.17, 15) is 0 Å². The van der Waals surface area contributed by atoms with Gasteiger partial charge in [-0.05, 0) is 36.6 Å². The standard InChI is InChI=1S/C15H22BrNO/c1-3-5-6-9-18-12-14-8-7-13(10-15(14)16)11-17-4-2/h3,7-8,10,17H,1,4-6,9,11-12H2,2H3. The molecule has 2 nitrogen and oxygen atoms in total. The lowest BCUT2D eigenvalue weighted by molar-refractivity contribution is 0.118. The molecule has 0 aliphatic carbocycles. The second-order valence-electron chi connectivity index (χ2n) is 4.19. The molecule has 0 saturated heterocycles. The Hall–Kier alpha value is -0.640. The largest absolute Gasteiger partial charge is 0.377 e. The second-order valence-corrected chi connectivity index (χ2v) is 5.04. The fourth-order valence-electron chi connectivity index (χ4n) is 1.60. The number of allylic oxidation sites excluding steroid dienone is 1. The molecule has 0 aromatic heterocycles. The minimum absolute atomic E-state index is 0.666. The predicted molar refractivity (Wildman–Crippen MR) is 80.6 cm³/mol. The average molecular weight is 312 g/mol. The van der Waals surface area contributed by atoms with Crippen LogP contribution >= 0.6 is 15.9 Å². The number of nitrogens with one attached hydrogen (secondary N) is 1. The molecule has 0 fully saturated rings. The number of halogens is 1. The van der Waals surface area contributed by atoms with Gasteiger partial charge in [0, 0.05) is 17.6 Å². The van der Waals surface area contributed by atoms with E-state index in [1.165, 1.54) is 11.1 Å². The van der Waals surface area contributed by atoms with Crippen LogP contribution in [0.4, 0.5) is 0 Å². The molecule has 0 bridgehead atoms. The average Bonchev–Trinajstić information content (AvgIpc) is 2.38. The Morgan fingerprint density at radius 2 is 2.28 bits per heavy atom. The van der Waals surface area contributed by atoms with Gasteiger partial charge in [0.1, 0.15) is 0 Å². The van der Waals surface area contributed by atoms with Crippen molar-refractivity contribution in [1.29, 1.82) is 0 Å². The zero-order chi connectivity index (χ0) is 13.2. The first-order valence-corrected chi connectivity index (χ1v) is 7.24. The van der Waals surface area contributed by atoms with Crippen LogP contribution in [0.5, 0.6) is 0 Å². The van der Waals surface area contributed by atoms with Gasteiger partial charge in [-0.1, -0.05) is 41.1 Å². The summed E-state index contributed by atoms with van der Waals surface area (Å²) < 4.78 is 6.76. The Morgan fingerprint density at radius 1 is 1.44 bits per heavy atom. The lowest BCUT2D eigenvalue weighted by Crippen LogP contribution is -2.11. The molecule has 18 heavy (non-hydrogen) atoms. The van der Waals surface area contributed by atoms with Crippen LogP contribution in [0.25, 0.3) is 0 Å². The molecular weight excluding hydrogens is 290 g/mol. The second kappa shape index (κ2) is 9.31. The monoisotopic (exact) mass is 311 g/mol. The van der Waals surface area contributed by atoms with Gasteiger partial charge in [0.2, 0.25) is 0 Å². The highest BCUT2D eigenvalue weighted by Crippen LogP contribution is 2.19. The smallest absolute Gasteiger partial charge is 0.0727 e. The Kier molecular flexibility index (Phi) is 7.98. The van der Waals surface area contributed by atoms with Gasteiger partial charge in [0.05, 0.1) is 6.61 Å². The minimum atomic E-state index is 0.666. The van der Waals surface area contributed by atoms with E-state index in [4.69, 9.17) is 4.74 Å². The maximum atomic E-state index is 5.63. The van der Waals surface area contributed by atoms with Gasteiger partial charge in [-0.3, -0.25) is 0 Å². The SMILES string of the molecule is C=CCCCOCc1ccc(CNCC)cc1Br. The van der Waals surface area contributed by atoms with Gasteiger partial charge in [0.15, 0.2) is 0 Å². The fraction of sp³-hybridized carbons (Fsp3) is 0.467. The molecule has 100 valence electrons. The zero-order valence-corrected chi connectivity index (χ0v) is 12.6. The van der Waals surface area contributed by atoms with Crippen LogP contribution in [-0.4, -0.2) is 13.2 Å². The third kappa shape index (κ3) is 5.80. The Bertz CT molecular complexity index is 366. The Balaban J connectivity index is 2.39. The summed E-state index contributed by atoms with van der Waals surface area (Å²) in [6.07, 6.45) is 3.98. The van der Waals surface area contributed by atoms with Gasteiger partial charge in [-0.2, -0.15) is 0 Å². The van der Waals surface area contributed by atoms with E-state index in [1.807, 2.05) is 6.08 Å². The summed E-state index contributed by atoms with van der Waals surface area (Å²) >= 11 is 3.60. The number of hydrogen-bond donors (Lipinski definition) is 1. The molecule has 0 aliphatic rings. The van der Waals surface area contributed by atoms with E-state index in [2.05, 4.69) is 52.9 Å². The minimum Gasteiger partial charge on any atom is -0.377 e. The molecule has 3 heteroatoms. The van der Waals surface area contributed by atoms with Gasteiger partial charge >= 0.3 is 0 Å². The van der Waals surface area contributed by atoms with Crippen molar-refractivity contribution >= 4 is 15.9 Å². The normalized spacial score (nSPS) is 10.6. The quantitative estimate of drug-likeness (QED) is 0.549. The van der Waals surface area contributed by atoms with E-state index >= 15 is 0 Å². The summed E-state index contributed by atoms with van der Waals surface area (Å²) in [5.41, 5.74) is 2.49. The van der Waals surface area contributed by atoms with Crippen molar-refractivity contribution in [2.24, 2.45) is 0 Å². The van der Waals surface area contributed by atoms with E-state index in [1.54, 1.807) is 0 Å². The van der Waals surface area contributed by atoms with Crippen LogP contribution in [0.15, 0.2) is 35.3 Å². The highest BCUT2D eigenvalue weighted by molar-refractivity contribution is 9.10. The highest BCUT2D eigenvalue weighted by Gasteiger charge is 2.01. The molecule has 1 rings (SSSR count). The number of benzene rings is 1. The van der Waals surface area contributed by atoms with Crippen LogP contribution in [0, 0.1) is 0 Å². The molecule has 1 aromatic rings. The Labute approximate surface area is 119 Å².